The number of fused-ring (bicyclic) bond motifs is 3. The smallest absolute Gasteiger partial charge is 0.0619 e. The van der Waals surface area contributed by atoms with Crippen LogP contribution in [0.4, 0.5) is 51.2 Å². The first kappa shape index (κ1) is 37.6. The van der Waals surface area contributed by atoms with E-state index in [1.165, 1.54) is 21.9 Å². The third kappa shape index (κ3) is 7.12. The molecule has 0 aliphatic heterocycles. The Morgan fingerprint density at radius 3 is 1.02 bits per heavy atom. The average Bonchev–Trinajstić information content (AvgIpc) is 3.36. The molecule has 11 aromatic rings. The number of nitrogens with zero attached hydrogens (tertiary/aromatic N) is 3. The minimum atomic E-state index is 1.07. The highest BCUT2D eigenvalue weighted by molar-refractivity contribution is 6.24. The Balaban J connectivity index is 1.29. The van der Waals surface area contributed by atoms with Crippen molar-refractivity contribution < 1.29 is 0 Å². The summed E-state index contributed by atoms with van der Waals surface area (Å²) >= 11 is 0. The summed E-state index contributed by atoms with van der Waals surface area (Å²) in [5.41, 5.74) is 12.2. The van der Waals surface area contributed by atoms with Crippen molar-refractivity contribution in [1.82, 2.24) is 0 Å². The second kappa shape index (κ2) is 16.6. The van der Waals surface area contributed by atoms with Crippen LogP contribution in [0.2, 0.25) is 0 Å². The minimum Gasteiger partial charge on any atom is -0.310 e. The van der Waals surface area contributed by atoms with E-state index in [0.29, 0.717) is 0 Å². The second-order valence-corrected chi connectivity index (χ2v) is 15.8. The van der Waals surface area contributed by atoms with Gasteiger partial charge in [-0.25, -0.2) is 0 Å². The van der Waals surface area contributed by atoms with Crippen LogP contribution < -0.4 is 14.7 Å². The Kier molecular flexibility index (Phi) is 9.89. The summed E-state index contributed by atoms with van der Waals surface area (Å²) < 4.78 is 0. The van der Waals surface area contributed by atoms with Crippen LogP contribution in [0.15, 0.2) is 261 Å². The normalized spacial score (nSPS) is 11.2. The summed E-state index contributed by atoms with van der Waals surface area (Å²) in [5, 5.41) is 7.04. The molecule has 0 saturated carbocycles. The zero-order valence-electron chi connectivity index (χ0n) is 34.7. The van der Waals surface area contributed by atoms with Gasteiger partial charge in [0.25, 0.3) is 0 Å². The van der Waals surface area contributed by atoms with E-state index >= 15 is 0 Å². The van der Waals surface area contributed by atoms with Crippen LogP contribution in [-0.4, -0.2) is 0 Å². The number of rotatable bonds is 10. The van der Waals surface area contributed by atoms with Gasteiger partial charge in [0, 0.05) is 56.3 Å². The maximum absolute atomic E-state index is 2.44. The molecule has 0 heterocycles. The van der Waals surface area contributed by atoms with Crippen molar-refractivity contribution in [3.8, 4) is 11.1 Å². The lowest BCUT2D eigenvalue weighted by Gasteiger charge is -2.32. The molecule has 63 heavy (non-hydrogen) atoms. The molecule has 0 fully saturated rings. The molecule has 3 heteroatoms. The summed E-state index contributed by atoms with van der Waals surface area (Å²) in [5.74, 6) is 0. The van der Waals surface area contributed by atoms with Crippen LogP contribution in [-0.2, 0) is 0 Å². The van der Waals surface area contributed by atoms with E-state index in [4.69, 9.17) is 0 Å². The van der Waals surface area contributed by atoms with Gasteiger partial charge in [0.1, 0.15) is 0 Å². The lowest BCUT2D eigenvalue weighted by atomic mass is 9.88. The fraction of sp³-hybridized carbons (Fsp3) is 0. The topological polar surface area (TPSA) is 9.72 Å². The van der Waals surface area contributed by atoms with Crippen molar-refractivity contribution in [3.05, 3.63) is 261 Å². The summed E-state index contributed by atoms with van der Waals surface area (Å²) in [6.45, 7) is 0. The molecule has 0 saturated heterocycles. The second-order valence-electron chi connectivity index (χ2n) is 15.8. The van der Waals surface area contributed by atoms with Gasteiger partial charge in [0.15, 0.2) is 0 Å². The molecule has 0 aliphatic rings. The molecule has 0 aliphatic carbocycles. The third-order valence-electron chi connectivity index (χ3n) is 11.9. The summed E-state index contributed by atoms with van der Waals surface area (Å²) in [4.78, 5) is 7.17. The molecule has 298 valence electrons. The van der Waals surface area contributed by atoms with Gasteiger partial charge in [-0.1, -0.05) is 158 Å². The lowest BCUT2D eigenvalue weighted by molar-refractivity contribution is 1.28. The zero-order chi connectivity index (χ0) is 42.0. The molecular weight excluding hydrogens is 763 g/mol. The molecule has 11 rings (SSSR count). The van der Waals surface area contributed by atoms with E-state index in [2.05, 4.69) is 276 Å². The molecule has 11 aromatic carbocycles. The highest BCUT2D eigenvalue weighted by Gasteiger charge is 2.25. The average molecular weight is 806 g/mol. The van der Waals surface area contributed by atoms with Crippen molar-refractivity contribution in [1.29, 1.82) is 0 Å². The van der Waals surface area contributed by atoms with Gasteiger partial charge in [-0.05, 0) is 136 Å². The molecule has 0 unspecified atom stereocenters. The van der Waals surface area contributed by atoms with E-state index in [1.807, 2.05) is 0 Å². The summed E-state index contributed by atoms with van der Waals surface area (Å²) in [6, 6.07) is 94.0. The van der Waals surface area contributed by atoms with E-state index in [9.17, 15) is 0 Å². The SMILES string of the molecule is c1ccc(N(c2ccccc2)c2ccc3c(N(c4ccccc4)c4ccccc4)c4cc(N(c5ccccc5)c5ccccc5)ccc4c(-c4ccc5ccccc5c4)c3c2)cc1. The van der Waals surface area contributed by atoms with E-state index in [-0.39, 0.29) is 0 Å². The number of para-hydroxylation sites is 6. The molecule has 0 radical (unpaired) electrons. The molecule has 0 atom stereocenters. The van der Waals surface area contributed by atoms with E-state index in [1.54, 1.807) is 0 Å². The number of hydrogen-bond acceptors (Lipinski definition) is 3. The first-order chi connectivity index (χ1) is 31.3. The van der Waals surface area contributed by atoms with Crippen LogP contribution >= 0.6 is 0 Å². The molecule has 0 aromatic heterocycles. The Hall–Kier alpha value is -8.40. The van der Waals surface area contributed by atoms with Crippen LogP contribution in [0.25, 0.3) is 43.4 Å². The van der Waals surface area contributed by atoms with Gasteiger partial charge < -0.3 is 14.7 Å². The number of anilines is 9. The quantitative estimate of drug-likeness (QED) is 0.128. The van der Waals surface area contributed by atoms with Crippen LogP contribution in [0.1, 0.15) is 0 Å². The highest BCUT2D eigenvalue weighted by atomic mass is 15.2. The largest absolute Gasteiger partial charge is 0.310 e. The Labute approximate surface area is 368 Å². The lowest BCUT2D eigenvalue weighted by Crippen LogP contribution is -2.13. The minimum absolute atomic E-state index is 1.07. The first-order valence-electron chi connectivity index (χ1n) is 21.5. The maximum Gasteiger partial charge on any atom is 0.0619 e. The fourth-order valence-electron chi connectivity index (χ4n) is 9.12. The van der Waals surface area contributed by atoms with Crippen molar-refractivity contribution in [2.45, 2.75) is 0 Å². The molecule has 0 amide bonds. The van der Waals surface area contributed by atoms with E-state index in [0.717, 1.165) is 72.7 Å². The van der Waals surface area contributed by atoms with Crippen molar-refractivity contribution in [2.24, 2.45) is 0 Å². The monoisotopic (exact) mass is 805 g/mol. The summed E-state index contributed by atoms with van der Waals surface area (Å²) in [6.07, 6.45) is 0. The van der Waals surface area contributed by atoms with Gasteiger partial charge in [-0.2, -0.15) is 0 Å². The molecule has 0 N–H and O–H groups in total. The molecular formula is C60H43N3. The third-order valence-corrected chi connectivity index (χ3v) is 11.9. The van der Waals surface area contributed by atoms with Gasteiger partial charge in [0.05, 0.1) is 5.69 Å². The van der Waals surface area contributed by atoms with Crippen LogP contribution in [0, 0.1) is 0 Å². The standard InChI is InChI=1S/C60H43N3/c1-7-23-47(24-8-1)61(48-25-9-2-10-26-48)53-38-40-56-57(42-53)59(46-36-35-44-21-19-20-22-45(44)41-46)55-39-37-54(62(49-27-11-3-12-28-49)50-29-13-4-14-30-50)43-58(55)60(56)63(51-31-15-5-16-32-51)52-33-17-6-18-34-52/h1-43H. The maximum atomic E-state index is 2.44. The first-order valence-corrected chi connectivity index (χ1v) is 21.5. The Morgan fingerprint density at radius 1 is 0.206 bits per heavy atom. The number of benzene rings is 11. The van der Waals surface area contributed by atoms with Crippen molar-refractivity contribution in [2.75, 3.05) is 14.7 Å². The summed E-state index contributed by atoms with van der Waals surface area (Å²) in [7, 11) is 0. The van der Waals surface area contributed by atoms with Crippen LogP contribution in [0.5, 0.6) is 0 Å². The zero-order valence-corrected chi connectivity index (χ0v) is 34.7. The van der Waals surface area contributed by atoms with Gasteiger partial charge in [-0.3, -0.25) is 0 Å². The Bertz CT molecular complexity index is 3200. The van der Waals surface area contributed by atoms with Gasteiger partial charge in [-0.15, -0.1) is 0 Å². The van der Waals surface area contributed by atoms with Crippen molar-refractivity contribution >= 4 is 83.5 Å². The Morgan fingerprint density at radius 2 is 0.571 bits per heavy atom. The number of hydrogen-bond donors (Lipinski definition) is 0. The van der Waals surface area contributed by atoms with Crippen molar-refractivity contribution in [3.63, 3.8) is 0 Å². The molecule has 0 bridgehead atoms. The molecule has 0 spiro atoms. The van der Waals surface area contributed by atoms with Crippen LogP contribution in [0.3, 0.4) is 0 Å². The van der Waals surface area contributed by atoms with Gasteiger partial charge >= 0.3 is 0 Å². The predicted octanol–water partition coefficient (Wildman–Crippen LogP) is 17.2. The highest BCUT2D eigenvalue weighted by Crippen LogP contribution is 2.51. The predicted molar refractivity (Wildman–Crippen MR) is 268 cm³/mol. The molecule has 3 nitrogen and oxygen atoms in total. The fourth-order valence-corrected chi connectivity index (χ4v) is 9.12. The van der Waals surface area contributed by atoms with E-state index < -0.39 is 0 Å². The van der Waals surface area contributed by atoms with Gasteiger partial charge in [0.2, 0.25) is 0 Å².